The Kier molecular flexibility index (Phi) is 5.11. The van der Waals surface area contributed by atoms with Gasteiger partial charge in [0.05, 0.1) is 0 Å². The highest BCUT2D eigenvalue weighted by Gasteiger charge is 2.62. The molecule has 0 heterocycles. The van der Waals surface area contributed by atoms with E-state index in [1.165, 1.54) is 6.92 Å². The maximum Gasteiger partial charge on any atom is 0.468 e. The molecule has 0 saturated heterocycles. The number of ether oxygens (including phenoxy) is 1. The molecule has 1 aromatic carbocycles. The molecule has 0 unspecified atom stereocenters. The van der Waals surface area contributed by atoms with Crippen LogP contribution >= 0.6 is 0 Å². The normalized spacial score (nSPS) is 12.6. The molecule has 1 rings (SSSR count). The minimum Gasteiger partial charge on any atom is -0.429 e. The molecule has 0 fully saturated rings. The second-order valence-electron chi connectivity index (χ2n) is 3.81. The summed E-state index contributed by atoms with van der Waals surface area (Å²) in [6.45, 7) is 1.39. The van der Waals surface area contributed by atoms with Crippen LogP contribution in [0.4, 0.5) is 22.0 Å². The highest BCUT2D eigenvalue weighted by molar-refractivity contribution is 6.69. The molecular weight excluding hydrogens is 303 g/mol. The minimum absolute atomic E-state index is 0.196. The number of rotatable bonds is 6. The Balaban J connectivity index is 3.16. The van der Waals surface area contributed by atoms with Gasteiger partial charge in [-0.3, -0.25) is 0 Å². The highest BCUT2D eigenvalue weighted by Crippen LogP contribution is 2.35. The predicted molar refractivity (Wildman–Crippen MR) is 62.1 cm³/mol. The standard InChI is InChI=1S/C11H13F5O3Si/c1-4-20(17-2,18-3)11(15,16)19-8-6-5-7(12)9(13)10(8)14/h5-6H,4H2,1-3H3. The molecule has 0 bridgehead atoms. The summed E-state index contributed by atoms with van der Waals surface area (Å²) in [6.07, 6.45) is 0. The number of hydrogen-bond acceptors (Lipinski definition) is 3. The molecule has 9 heteroatoms. The Hall–Kier alpha value is -1.19. The smallest absolute Gasteiger partial charge is 0.429 e. The lowest BCUT2D eigenvalue weighted by atomic mass is 10.3. The lowest BCUT2D eigenvalue weighted by Crippen LogP contribution is -2.59. The maximum atomic E-state index is 14.0. The third-order valence-electron chi connectivity index (χ3n) is 2.81. The van der Waals surface area contributed by atoms with Gasteiger partial charge in [-0.15, -0.1) is 0 Å². The average Bonchev–Trinajstić information content (AvgIpc) is 2.42. The molecule has 0 atom stereocenters. The monoisotopic (exact) mass is 316 g/mol. The number of hydrogen-bond donors (Lipinski definition) is 0. The molecule has 3 nitrogen and oxygen atoms in total. The van der Waals surface area contributed by atoms with Gasteiger partial charge in [0.2, 0.25) is 5.82 Å². The van der Waals surface area contributed by atoms with Crippen molar-refractivity contribution in [1.29, 1.82) is 0 Å². The van der Waals surface area contributed by atoms with Crippen LogP contribution in [0.1, 0.15) is 6.92 Å². The number of halogens is 5. The van der Waals surface area contributed by atoms with Crippen molar-refractivity contribution in [3.05, 3.63) is 29.6 Å². The first kappa shape index (κ1) is 16.9. The van der Waals surface area contributed by atoms with Crippen LogP contribution in [0, 0.1) is 17.5 Å². The lowest BCUT2D eigenvalue weighted by molar-refractivity contribution is -0.141. The summed E-state index contributed by atoms with van der Waals surface area (Å²) < 4.78 is 80.8. The van der Waals surface area contributed by atoms with Crippen molar-refractivity contribution in [2.75, 3.05) is 14.2 Å². The van der Waals surface area contributed by atoms with Crippen molar-refractivity contribution in [3.8, 4) is 5.75 Å². The van der Waals surface area contributed by atoms with Crippen LogP contribution in [0.25, 0.3) is 0 Å². The minimum atomic E-state index is -4.12. The summed E-state index contributed by atoms with van der Waals surface area (Å²) in [5.41, 5.74) is -3.99. The fourth-order valence-corrected chi connectivity index (χ4v) is 3.51. The first-order valence-corrected chi connectivity index (χ1v) is 7.57. The van der Waals surface area contributed by atoms with Crippen molar-refractivity contribution >= 4 is 8.56 Å². The van der Waals surface area contributed by atoms with Gasteiger partial charge in [-0.1, -0.05) is 6.92 Å². The lowest BCUT2D eigenvalue weighted by Gasteiger charge is -2.32. The molecule has 0 aromatic heterocycles. The Labute approximate surface area is 113 Å². The molecule has 0 radical (unpaired) electrons. The Morgan fingerprint density at radius 3 is 2.05 bits per heavy atom. The van der Waals surface area contributed by atoms with Crippen molar-refractivity contribution in [2.24, 2.45) is 0 Å². The number of alkyl halides is 2. The second kappa shape index (κ2) is 6.06. The Morgan fingerprint density at radius 2 is 1.60 bits per heavy atom. The van der Waals surface area contributed by atoms with E-state index >= 15 is 0 Å². The van der Waals surface area contributed by atoms with Gasteiger partial charge in [-0.2, -0.15) is 13.2 Å². The third-order valence-corrected chi connectivity index (χ3v) is 6.05. The second-order valence-corrected chi connectivity index (χ2v) is 7.42. The summed E-state index contributed by atoms with van der Waals surface area (Å²) >= 11 is 0. The quantitative estimate of drug-likeness (QED) is 0.457. The first-order valence-electron chi connectivity index (χ1n) is 5.55. The molecule has 0 spiro atoms. The van der Waals surface area contributed by atoms with Crippen molar-refractivity contribution in [1.82, 2.24) is 0 Å². The number of benzene rings is 1. The average molecular weight is 316 g/mol. The van der Waals surface area contributed by atoms with E-state index in [0.717, 1.165) is 14.2 Å². The van der Waals surface area contributed by atoms with Gasteiger partial charge in [-0.05, 0) is 18.2 Å². The topological polar surface area (TPSA) is 27.7 Å². The zero-order valence-corrected chi connectivity index (χ0v) is 12.0. The molecule has 114 valence electrons. The van der Waals surface area contributed by atoms with E-state index in [4.69, 9.17) is 8.85 Å². The Morgan fingerprint density at radius 1 is 1.05 bits per heavy atom. The third kappa shape index (κ3) is 2.79. The molecular formula is C11H13F5O3Si. The van der Waals surface area contributed by atoms with Crippen molar-refractivity contribution in [2.45, 2.75) is 18.7 Å². The van der Waals surface area contributed by atoms with Gasteiger partial charge in [-0.25, -0.2) is 8.78 Å². The van der Waals surface area contributed by atoms with E-state index in [-0.39, 0.29) is 6.04 Å². The summed E-state index contributed by atoms with van der Waals surface area (Å²) in [7, 11) is -2.10. The molecule has 20 heavy (non-hydrogen) atoms. The molecule has 0 aliphatic heterocycles. The summed E-state index contributed by atoms with van der Waals surface area (Å²) in [6, 6.07) is 0.860. The molecule has 0 saturated carbocycles. The summed E-state index contributed by atoms with van der Waals surface area (Å²) in [5, 5.41) is 0. The van der Waals surface area contributed by atoms with Crippen molar-refractivity contribution in [3.63, 3.8) is 0 Å². The van der Waals surface area contributed by atoms with Crippen molar-refractivity contribution < 1.29 is 35.5 Å². The van der Waals surface area contributed by atoms with E-state index in [9.17, 15) is 22.0 Å². The van der Waals surface area contributed by atoms with Gasteiger partial charge in [0.25, 0.3) is 0 Å². The van der Waals surface area contributed by atoms with Crippen LogP contribution in [0.2, 0.25) is 6.04 Å². The molecule has 0 N–H and O–H groups in total. The van der Waals surface area contributed by atoms with E-state index in [1.54, 1.807) is 0 Å². The summed E-state index contributed by atoms with van der Waals surface area (Å²) in [5.74, 6) is -6.35. The van der Waals surface area contributed by atoms with Crippen LogP contribution < -0.4 is 4.74 Å². The predicted octanol–water partition coefficient (Wildman–Crippen LogP) is 3.37. The zero-order chi connectivity index (χ0) is 15.6. The van der Waals surface area contributed by atoms with E-state index in [0.29, 0.717) is 12.1 Å². The van der Waals surface area contributed by atoms with Gasteiger partial charge in [0, 0.05) is 14.2 Å². The summed E-state index contributed by atoms with van der Waals surface area (Å²) in [4.78, 5) is 0. The Bertz CT molecular complexity index is 471. The zero-order valence-electron chi connectivity index (χ0n) is 11.0. The fourth-order valence-electron chi connectivity index (χ4n) is 1.62. The van der Waals surface area contributed by atoms with Crippen LogP contribution in [0.5, 0.6) is 5.75 Å². The molecule has 0 aliphatic rings. The van der Waals surface area contributed by atoms with E-state index < -0.39 is 37.5 Å². The molecule has 0 aliphatic carbocycles. The SMILES string of the molecule is CC[Si](OC)(OC)C(F)(F)Oc1ccc(F)c(F)c1F. The van der Waals surface area contributed by atoms with Gasteiger partial charge in [0.1, 0.15) is 0 Å². The molecule has 0 amide bonds. The van der Waals surface area contributed by atoms with E-state index in [1.807, 2.05) is 0 Å². The van der Waals surface area contributed by atoms with Gasteiger partial charge < -0.3 is 13.6 Å². The fraction of sp³-hybridized carbons (Fsp3) is 0.455. The van der Waals surface area contributed by atoms with E-state index in [2.05, 4.69) is 4.74 Å². The maximum absolute atomic E-state index is 14.0. The largest absolute Gasteiger partial charge is 0.468 e. The molecule has 1 aromatic rings. The first-order chi connectivity index (χ1) is 9.24. The highest BCUT2D eigenvalue weighted by atomic mass is 28.4. The van der Waals surface area contributed by atoms with Gasteiger partial charge in [0.15, 0.2) is 17.4 Å². The van der Waals surface area contributed by atoms with Gasteiger partial charge >= 0.3 is 14.3 Å². The van der Waals surface area contributed by atoms with Crippen LogP contribution in [0.3, 0.4) is 0 Å². The van der Waals surface area contributed by atoms with Crippen LogP contribution in [-0.2, 0) is 8.85 Å². The van der Waals surface area contributed by atoms with Crippen LogP contribution in [-0.4, -0.2) is 28.5 Å². The van der Waals surface area contributed by atoms with Crippen LogP contribution in [0.15, 0.2) is 12.1 Å².